The Labute approximate surface area is 260 Å². The first kappa shape index (κ1) is 39.9. The molecule has 0 aromatic heterocycles. The van der Waals surface area contributed by atoms with E-state index >= 15 is 0 Å². The van der Waals surface area contributed by atoms with Crippen LogP contribution in [0.15, 0.2) is 48.6 Å². The van der Waals surface area contributed by atoms with Crippen LogP contribution in [0.2, 0.25) is 0 Å². The Morgan fingerprint density at radius 3 is 1.43 bits per heavy atom. The molecule has 0 aliphatic heterocycles. The summed E-state index contributed by atoms with van der Waals surface area (Å²) in [6.45, 7) is 4.49. The van der Waals surface area contributed by atoms with Gasteiger partial charge < -0.3 is 9.84 Å². The molecular weight excluding hydrogens is 520 g/mol. The smallest absolute Gasteiger partial charge is 0.307 e. The standard InChI is InChI=1S/C38H66O4/c1-3-5-7-9-11-13-15-17-18-19-20-22-24-26-28-30-32-34-38(41)42-36(35-37(39)40)33-31-29-27-25-23-21-16-14-12-10-8-6-4-2/h11,13,17-18,20,22,26,28,36H,3-10,12,14-16,19,21,23-25,27,29-35H2,1-2H3,(H,39,40)/b13-11-,18-17-,22-20-,28-26-. The van der Waals surface area contributed by atoms with Crippen LogP contribution in [0.3, 0.4) is 0 Å². The third kappa shape index (κ3) is 32.4. The molecule has 0 radical (unpaired) electrons. The number of rotatable bonds is 31. The van der Waals surface area contributed by atoms with Crippen LogP contribution in [0.25, 0.3) is 0 Å². The molecule has 0 bridgehead atoms. The minimum absolute atomic E-state index is 0.0961. The molecule has 42 heavy (non-hydrogen) atoms. The van der Waals surface area contributed by atoms with Crippen molar-refractivity contribution in [2.24, 2.45) is 0 Å². The normalized spacial score (nSPS) is 12.8. The van der Waals surface area contributed by atoms with Gasteiger partial charge >= 0.3 is 11.9 Å². The fourth-order valence-corrected chi connectivity index (χ4v) is 4.96. The fraction of sp³-hybridized carbons (Fsp3) is 0.737. The molecule has 0 aromatic carbocycles. The van der Waals surface area contributed by atoms with E-state index in [0.29, 0.717) is 12.8 Å². The lowest BCUT2D eigenvalue weighted by atomic mass is 10.0. The number of ether oxygens (including phenoxy) is 1. The number of hydrogen-bond acceptors (Lipinski definition) is 3. The summed E-state index contributed by atoms with van der Waals surface area (Å²) >= 11 is 0. The molecule has 242 valence electrons. The first-order chi connectivity index (χ1) is 20.6. The van der Waals surface area contributed by atoms with Gasteiger partial charge in [-0.05, 0) is 57.8 Å². The summed E-state index contributed by atoms with van der Waals surface area (Å²) in [4.78, 5) is 23.5. The van der Waals surface area contributed by atoms with Crippen LogP contribution in [0, 0.1) is 0 Å². The van der Waals surface area contributed by atoms with Gasteiger partial charge in [0.25, 0.3) is 0 Å². The van der Waals surface area contributed by atoms with Gasteiger partial charge in [-0.25, -0.2) is 0 Å². The Morgan fingerprint density at radius 2 is 0.952 bits per heavy atom. The van der Waals surface area contributed by atoms with E-state index in [1.165, 1.54) is 96.3 Å². The van der Waals surface area contributed by atoms with Gasteiger partial charge in [-0.1, -0.05) is 152 Å². The lowest BCUT2D eigenvalue weighted by molar-refractivity contribution is -0.153. The number of aliphatic carboxylic acids is 1. The van der Waals surface area contributed by atoms with E-state index in [-0.39, 0.29) is 12.4 Å². The fourth-order valence-electron chi connectivity index (χ4n) is 4.96. The maximum absolute atomic E-state index is 12.3. The number of hydrogen-bond donors (Lipinski definition) is 1. The quantitative estimate of drug-likeness (QED) is 0.0498. The topological polar surface area (TPSA) is 63.6 Å². The molecule has 4 nitrogen and oxygen atoms in total. The highest BCUT2D eigenvalue weighted by Gasteiger charge is 2.17. The number of carbonyl (C=O) groups excluding carboxylic acids is 1. The van der Waals surface area contributed by atoms with Crippen LogP contribution in [0.4, 0.5) is 0 Å². The number of allylic oxidation sites excluding steroid dienone is 8. The monoisotopic (exact) mass is 586 g/mol. The molecule has 1 unspecified atom stereocenters. The predicted molar refractivity (Wildman–Crippen MR) is 181 cm³/mol. The van der Waals surface area contributed by atoms with E-state index in [0.717, 1.165) is 44.9 Å². The number of carbonyl (C=O) groups is 2. The number of esters is 1. The van der Waals surface area contributed by atoms with Crippen LogP contribution in [-0.2, 0) is 14.3 Å². The molecule has 0 aliphatic carbocycles. The highest BCUT2D eigenvalue weighted by Crippen LogP contribution is 2.16. The Kier molecular flexibility index (Phi) is 31.7. The van der Waals surface area contributed by atoms with E-state index < -0.39 is 12.1 Å². The Hall–Kier alpha value is -2.10. The second-order valence-corrected chi connectivity index (χ2v) is 11.7. The Morgan fingerprint density at radius 1 is 0.548 bits per heavy atom. The van der Waals surface area contributed by atoms with E-state index in [9.17, 15) is 14.7 Å². The predicted octanol–water partition coefficient (Wildman–Crippen LogP) is 12.0. The summed E-state index contributed by atoms with van der Waals surface area (Å²) < 4.78 is 5.53. The average molecular weight is 587 g/mol. The lowest BCUT2D eigenvalue weighted by Crippen LogP contribution is -2.21. The lowest BCUT2D eigenvalue weighted by Gasteiger charge is -2.16. The molecule has 1 N–H and O–H groups in total. The SMILES string of the molecule is CCCCC/C=C\C/C=C\C/C=C\C/C=C\CCCC(=O)OC(CCCCCCCCCCCCCCC)CC(=O)O. The molecule has 0 saturated heterocycles. The number of unbranched alkanes of at least 4 members (excludes halogenated alkanes) is 16. The van der Waals surface area contributed by atoms with Gasteiger partial charge in [0.15, 0.2) is 0 Å². The Balaban J connectivity index is 3.82. The van der Waals surface area contributed by atoms with E-state index in [1.807, 2.05) is 0 Å². The van der Waals surface area contributed by atoms with Crippen molar-refractivity contribution in [1.82, 2.24) is 0 Å². The van der Waals surface area contributed by atoms with Gasteiger partial charge in [0.2, 0.25) is 0 Å². The van der Waals surface area contributed by atoms with Crippen molar-refractivity contribution in [1.29, 1.82) is 0 Å². The second-order valence-electron chi connectivity index (χ2n) is 11.7. The average Bonchev–Trinajstić information content (AvgIpc) is 2.96. The molecule has 0 aliphatic rings. The first-order valence-corrected chi connectivity index (χ1v) is 17.6. The highest BCUT2D eigenvalue weighted by atomic mass is 16.5. The van der Waals surface area contributed by atoms with Crippen molar-refractivity contribution < 1.29 is 19.4 Å². The molecule has 0 fully saturated rings. The van der Waals surface area contributed by atoms with E-state index in [4.69, 9.17) is 4.74 Å². The molecule has 4 heteroatoms. The van der Waals surface area contributed by atoms with Gasteiger partial charge in [0, 0.05) is 6.42 Å². The highest BCUT2D eigenvalue weighted by molar-refractivity contribution is 5.71. The number of carboxylic acid groups (broad SMARTS) is 1. The van der Waals surface area contributed by atoms with Crippen LogP contribution >= 0.6 is 0 Å². The van der Waals surface area contributed by atoms with E-state index in [2.05, 4.69) is 62.5 Å². The van der Waals surface area contributed by atoms with Crippen molar-refractivity contribution in [3.05, 3.63) is 48.6 Å². The largest absolute Gasteiger partial charge is 0.481 e. The maximum atomic E-state index is 12.3. The minimum Gasteiger partial charge on any atom is -0.481 e. The van der Waals surface area contributed by atoms with Crippen molar-refractivity contribution in [2.75, 3.05) is 0 Å². The molecule has 0 aromatic rings. The van der Waals surface area contributed by atoms with Gasteiger partial charge in [-0.15, -0.1) is 0 Å². The summed E-state index contributed by atoms with van der Waals surface area (Å²) in [5.74, 6) is -1.17. The minimum atomic E-state index is -0.899. The van der Waals surface area contributed by atoms with Gasteiger partial charge in [-0.3, -0.25) is 9.59 Å². The van der Waals surface area contributed by atoms with Crippen LogP contribution < -0.4 is 0 Å². The van der Waals surface area contributed by atoms with Crippen molar-refractivity contribution in [3.63, 3.8) is 0 Å². The zero-order valence-corrected chi connectivity index (χ0v) is 27.5. The second kappa shape index (κ2) is 33.4. The van der Waals surface area contributed by atoms with Crippen molar-refractivity contribution >= 4 is 11.9 Å². The maximum Gasteiger partial charge on any atom is 0.307 e. The number of carboxylic acids is 1. The van der Waals surface area contributed by atoms with Crippen molar-refractivity contribution in [2.45, 2.75) is 180 Å². The summed E-state index contributed by atoms with van der Waals surface area (Å²) in [5, 5.41) is 9.22. The third-order valence-electron chi connectivity index (χ3n) is 7.54. The molecule has 1 atom stereocenters. The zero-order chi connectivity index (χ0) is 30.8. The van der Waals surface area contributed by atoms with Crippen LogP contribution in [0.1, 0.15) is 174 Å². The first-order valence-electron chi connectivity index (χ1n) is 17.6. The molecule has 0 heterocycles. The molecular formula is C38H66O4. The molecule has 0 spiro atoms. The summed E-state index contributed by atoms with van der Waals surface area (Å²) in [7, 11) is 0. The van der Waals surface area contributed by atoms with Gasteiger partial charge in [0.1, 0.15) is 6.10 Å². The summed E-state index contributed by atoms with van der Waals surface area (Å²) in [5.41, 5.74) is 0. The van der Waals surface area contributed by atoms with E-state index in [1.54, 1.807) is 0 Å². The third-order valence-corrected chi connectivity index (χ3v) is 7.54. The molecule has 0 rings (SSSR count). The van der Waals surface area contributed by atoms with Crippen LogP contribution in [0.5, 0.6) is 0 Å². The van der Waals surface area contributed by atoms with Crippen molar-refractivity contribution in [3.8, 4) is 0 Å². The Bertz CT molecular complexity index is 719. The zero-order valence-electron chi connectivity index (χ0n) is 27.5. The van der Waals surface area contributed by atoms with Crippen LogP contribution in [-0.4, -0.2) is 23.1 Å². The molecule has 0 saturated carbocycles. The summed E-state index contributed by atoms with van der Waals surface area (Å²) in [6, 6.07) is 0. The van der Waals surface area contributed by atoms with Gasteiger partial charge in [-0.2, -0.15) is 0 Å². The summed E-state index contributed by atoms with van der Waals surface area (Å²) in [6.07, 6.45) is 44.1. The van der Waals surface area contributed by atoms with Gasteiger partial charge in [0.05, 0.1) is 6.42 Å². The molecule has 0 amide bonds.